The van der Waals surface area contributed by atoms with Crippen LogP contribution in [-0.4, -0.2) is 91.6 Å². The number of hydrogen-bond donors (Lipinski definition) is 7. The molecule has 1 heterocycles. The Balaban J connectivity index is 1.02. The largest absolute Gasteiger partial charge is 0.454 e. The Hall–Kier alpha value is -3.84. The van der Waals surface area contributed by atoms with E-state index in [9.17, 15) is 25.2 Å². The third-order valence-corrected chi connectivity index (χ3v) is 26.4. The maximum atomic E-state index is 15.6. The Labute approximate surface area is 456 Å². The Morgan fingerprint density at radius 3 is 2.42 bits per heavy atom. The maximum Gasteiger partial charge on any atom is 0.331 e. The molecule has 0 unspecified atom stereocenters. The number of nitrogens with one attached hydrogen (secondary N) is 1. The number of aldehydes is 1. The standard InChI is InChI=1S/C67H83NO9/c1-39(40-12-6-7-13-40)43-21-23-54-60(73)61-27-25-50-49(48(22-24-53(50)61)41-14-4-3-5-15-41)20-11-18-44-32-63-26-9-8-16-42-17-10-19-45(35-69)51(42)30-56(68-2)52-29-46(64(63,38-71)55-31-57(72)77-58(52)55)34-66(63,75)65(74)33-47(28-43)67(54,76)62(36-61,37-70)59(44)65/h3-5,10,14-15,17,19,31,37,39-40,43-44,46-50,52-54,56,58-60,68-69,71,73-76H,6-7,9,12-13,20-30,32-36,38H2,1-2H3/t39-,43-,44+,46+,47+,48-,49+,50-,52+,53-,54-,56-,58+,59+,60+,61+,62-,63+,64+,65-,66+,67-/m0/s1. The van der Waals surface area contributed by atoms with E-state index >= 15 is 15.0 Å². The topological polar surface area (TPSA) is 177 Å². The van der Waals surface area contributed by atoms with Gasteiger partial charge in [0, 0.05) is 70.4 Å². The molecule has 0 radical (unpaired) electrons. The zero-order valence-electron chi connectivity index (χ0n) is 45.5. The SMILES string of the molecule is CN[C@H]1Cc2c(cccc2CO)C#CCC[C@]23C[C@H]4C#CC[C@H]5[C@@H]6CC[C@@]7(C[C@]8(C=O)[C@@H]4[C@@](O)(C[C@H]4C[C@@H]([C@@H](C)C9CCCC9)CC[C@@H]([C@H]7O)[C@@]48O)[C@@]2(O)C[C@H]2C[C@H]1[C@H]1OC(=O)C=C1[C@@]23CO)[C@H]6CC[C@H]5c1ccccc1. The lowest BCUT2D eigenvalue weighted by Gasteiger charge is -2.75. The van der Waals surface area contributed by atoms with Gasteiger partial charge in [0.15, 0.2) is 0 Å². The molecular weight excluding hydrogens is 963 g/mol. The quantitative estimate of drug-likeness (QED) is 0.0819. The molecule has 9 fully saturated rings. The number of aliphatic hydroxyl groups excluding tert-OH is 3. The van der Waals surface area contributed by atoms with Crippen molar-refractivity contribution in [2.75, 3.05) is 13.7 Å². The fourth-order valence-electron chi connectivity index (χ4n) is 23.5. The summed E-state index contributed by atoms with van der Waals surface area (Å²) < 4.78 is 6.48. The normalized spacial score (nSPS) is 49.2. The molecule has 0 saturated heterocycles. The summed E-state index contributed by atoms with van der Waals surface area (Å²) in [4.78, 5) is 29.8. The minimum atomic E-state index is -2.00. The highest BCUT2D eigenvalue weighted by atomic mass is 16.5. The second-order valence-electron chi connectivity index (χ2n) is 28.0. The van der Waals surface area contributed by atoms with Gasteiger partial charge in [-0.15, -0.1) is 5.92 Å². The van der Waals surface area contributed by atoms with Crippen molar-refractivity contribution in [3.05, 3.63) is 82.4 Å². The predicted octanol–water partition coefficient (Wildman–Crippen LogP) is 7.97. The first-order valence-electron chi connectivity index (χ1n) is 30.5. The van der Waals surface area contributed by atoms with Crippen LogP contribution in [0.15, 0.2) is 60.2 Å². The van der Waals surface area contributed by atoms with Crippen molar-refractivity contribution < 1.29 is 45.0 Å². The van der Waals surface area contributed by atoms with Crippen molar-refractivity contribution >= 4 is 12.3 Å². The van der Waals surface area contributed by atoms with E-state index in [2.05, 4.69) is 66.3 Å². The smallest absolute Gasteiger partial charge is 0.331 e. The van der Waals surface area contributed by atoms with E-state index < -0.39 is 92.8 Å². The third kappa shape index (κ3) is 6.48. The van der Waals surface area contributed by atoms with Gasteiger partial charge in [-0.3, -0.25) is 0 Å². The predicted molar refractivity (Wildman–Crippen MR) is 290 cm³/mol. The van der Waals surface area contributed by atoms with E-state index in [0.29, 0.717) is 55.9 Å². The summed E-state index contributed by atoms with van der Waals surface area (Å²) in [6.07, 6.45) is 14.1. The molecule has 9 bridgehead atoms. The van der Waals surface area contributed by atoms with Gasteiger partial charge in [-0.2, -0.15) is 0 Å². The van der Waals surface area contributed by atoms with Crippen LogP contribution in [0.1, 0.15) is 157 Å². The average Bonchev–Trinajstić information content (AvgIpc) is 4.29. The van der Waals surface area contributed by atoms with Crippen molar-refractivity contribution in [3.63, 3.8) is 0 Å². The molecule has 7 N–H and O–H groups in total. The molecule has 13 aliphatic rings. The number of hydrogen-bond acceptors (Lipinski definition) is 10. The molecule has 2 aromatic carbocycles. The van der Waals surface area contributed by atoms with Gasteiger partial charge in [0.25, 0.3) is 0 Å². The third-order valence-electron chi connectivity index (χ3n) is 26.4. The molecule has 2 spiro atoms. The Bertz CT molecular complexity index is 2880. The van der Waals surface area contributed by atoms with Gasteiger partial charge in [0.1, 0.15) is 18.0 Å². The van der Waals surface area contributed by atoms with Crippen molar-refractivity contribution in [1.29, 1.82) is 0 Å². The lowest BCUT2D eigenvalue weighted by Crippen LogP contribution is -2.84. The van der Waals surface area contributed by atoms with Crippen LogP contribution < -0.4 is 5.32 Å². The zero-order chi connectivity index (χ0) is 53.1. The zero-order valence-corrected chi connectivity index (χ0v) is 45.5. The van der Waals surface area contributed by atoms with Crippen molar-refractivity contribution in [1.82, 2.24) is 5.32 Å². The Kier molecular flexibility index (Phi) is 12.0. The van der Waals surface area contributed by atoms with Crippen LogP contribution in [0, 0.1) is 116 Å². The Morgan fingerprint density at radius 1 is 0.844 bits per heavy atom. The van der Waals surface area contributed by atoms with Gasteiger partial charge in [0.2, 0.25) is 0 Å². The molecule has 15 rings (SSSR count). The molecule has 12 aliphatic carbocycles. The van der Waals surface area contributed by atoms with Crippen LogP contribution in [-0.2, 0) is 27.4 Å². The van der Waals surface area contributed by atoms with E-state index in [1.165, 1.54) is 31.2 Å². The summed E-state index contributed by atoms with van der Waals surface area (Å²) in [6.45, 7) is 1.84. The number of ether oxygens (including phenoxy) is 1. The van der Waals surface area contributed by atoms with E-state index in [0.717, 1.165) is 55.1 Å². The fourth-order valence-corrected chi connectivity index (χ4v) is 23.5. The number of benzene rings is 2. The average molecular weight is 1050 g/mol. The second-order valence-corrected chi connectivity index (χ2v) is 28.0. The van der Waals surface area contributed by atoms with Gasteiger partial charge >= 0.3 is 5.97 Å². The molecular formula is C67H83NO9. The number of carbonyl (C=O) groups excluding carboxylic acids is 2. The first-order chi connectivity index (χ1) is 37.2. The van der Waals surface area contributed by atoms with Gasteiger partial charge in [-0.05, 0) is 179 Å². The molecule has 77 heavy (non-hydrogen) atoms. The van der Waals surface area contributed by atoms with E-state index in [-0.39, 0.29) is 80.3 Å². The number of likely N-dealkylation sites (N-methyl/N-ethyl adjacent to an activating group) is 1. The molecule has 22 atom stereocenters. The van der Waals surface area contributed by atoms with Crippen LogP contribution in [0.5, 0.6) is 0 Å². The molecule has 1 aliphatic heterocycles. The molecule has 9 saturated carbocycles. The van der Waals surface area contributed by atoms with Crippen molar-refractivity contribution in [3.8, 4) is 23.7 Å². The summed E-state index contributed by atoms with van der Waals surface area (Å²) in [7, 11) is 1.91. The molecule has 10 heteroatoms. The van der Waals surface area contributed by atoms with Gasteiger partial charge in [-0.1, -0.05) is 92.8 Å². The minimum Gasteiger partial charge on any atom is -0.454 e. The van der Waals surface area contributed by atoms with Gasteiger partial charge in [0.05, 0.1) is 35.9 Å². The molecule has 410 valence electrons. The summed E-state index contributed by atoms with van der Waals surface area (Å²) in [5.74, 6) is 12.5. The van der Waals surface area contributed by atoms with Crippen LogP contribution >= 0.6 is 0 Å². The highest BCUT2D eigenvalue weighted by molar-refractivity contribution is 5.87. The number of rotatable bonds is 7. The van der Waals surface area contributed by atoms with Gasteiger partial charge in [-0.25, -0.2) is 4.79 Å². The van der Waals surface area contributed by atoms with E-state index in [1.807, 2.05) is 25.2 Å². The van der Waals surface area contributed by atoms with Crippen LogP contribution in [0.4, 0.5) is 0 Å². The summed E-state index contributed by atoms with van der Waals surface area (Å²) in [5.41, 5.74) is -5.96. The maximum absolute atomic E-state index is 15.6. The lowest BCUT2D eigenvalue weighted by molar-refractivity contribution is -0.367. The Morgan fingerprint density at radius 2 is 1.65 bits per heavy atom. The molecule has 10 nitrogen and oxygen atoms in total. The highest BCUT2D eigenvalue weighted by Crippen LogP contribution is 2.83. The number of aliphatic hydroxyl groups is 6. The second kappa shape index (κ2) is 18.1. The number of carbonyl (C=O) groups is 2. The molecule has 0 amide bonds. The lowest BCUT2D eigenvalue weighted by atomic mass is 9.31. The summed E-state index contributed by atoms with van der Waals surface area (Å²) >= 11 is 0. The van der Waals surface area contributed by atoms with Crippen LogP contribution in [0.25, 0.3) is 0 Å². The minimum absolute atomic E-state index is 0.0345. The van der Waals surface area contributed by atoms with Crippen molar-refractivity contribution in [2.24, 2.45) is 92.7 Å². The number of fused-ring (bicyclic) bond motifs is 4. The molecule has 2 aromatic rings. The number of esters is 1. The van der Waals surface area contributed by atoms with Crippen LogP contribution in [0.3, 0.4) is 0 Å². The van der Waals surface area contributed by atoms with E-state index in [1.54, 1.807) is 6.08 Å². The van der Waals surface area contributed by atoms with Gasteiger partial charge < -0.3 is 45.5 Å². The fraction of sp³-hybridized carbons (Fsp3) is 0.701. The first-order valence-corrected chi connectivity index (χ1v) is 30.5. The summed E-state index contributed by atoms with van der Waals surface area (Å²) in [5, 5.41) is 86.0. The van der Waals surface area contributed by atoms with E-state index in [4.69, 9.17) is 4.74 Å². The molecule has 0 aromatic heterocycles. The summed E-state index contributed by atoms with van der Waals surface area (Å²) in [6, 6.07) is 16.4. The van der Waals surface area contributed by atoms with Crippen LogP contribution in [0.2, 0.25) is 0 Å². The van der Waals surface area contributed by atoms with Crippen molar-refractivity contribution in [2.45, 2.75) is 183 Å². The monoisotopic (exact) mass is 1050 g/mol. The first kappa shape index (κ1) is 51.3. The highest BCUT2D eigenvalue weighted by Gasteiger charge is 2.88.